The summed E-state index contributed by atoms with van der Waals surface area (Å²) in [6.07, 6.45) is -3.73. The molecule has 1 aromatic carbocycles. The number of hydrogen-bond donors (Lipinski definition) is 3. The maximum Gasteiger partial charge on any atom is 0.416 e. The first kappa shape index (κ1) is 14.3. The Labute approximate surface area is 109 Å². The highest BCUT2D eigenvalue weighted by atomic mass is 19.4. The van der Waals surface area contributed by atoms with E-state index in [1.165, 1.54) is 12.1 Å². The summed E-state index contributed by atoms with van der Waals surface area (Å²) in [5, 5.41) is 16.0. The van der Waals surface area contributed by atoms with Crippen LogP contribution < -0.4 is 10.6 Å². The van der Waals surface area contributed by atoms with Gasteiger partial charge in [-0.1, -0.05) is 18.2 Å². The number of β-amino-alcohol motifs (C(OH)–C–C–N with tert-alkyl or cyclic N) is 1. The van der Waals surface area contributed by atoms with Crippen molar-refractivity contribution in [1.29, 1.82) is 0 Å². The van der Waals surface area contributed by atoms with Crippen molar-refractivity contribution in [3.63, 3.8) is 0 Å². The number of hydrogen-bond acceptors (Lipinski definition) is 3. The number of halogens is 3. The van der Waals surface area contributed by atoms with Gasteiger partial charge in [-0.05, 0) is 24.6 Å². The van der Waals surface area contributed by atoms with Crippen molar-refractivity contribution in [2.75, 3.05) is 19.6 Å². The molecule has 1 aliphatic heterocycles. The molecule has 1 aliphatic rings. The van der Waals surface area contributed by atoms with Crippen LogP contribution >= 0.6 is 0 Å². The Kier molecular flexibility index (Phi) is 4.13. The van der Waals surface area contributed by atoms with E-state index in [-0.39, 0.29) is 18.7 Å². The Bertz CT molecular complexity index is 428. The monoisotopic (exact) mass is 274 g/mol. The molecule has 106 valence electrons. The smallest absolute Gasteiger partial charge is 0.387 e. The minimum absolute atomic E-state index is 0.0952. The molecule has 1 fully saturated rings. The van der Waals surface area contributed by atoms with Crippen molar-refractivity contribution in [2.24, 2.45) is 0 Å². The van der Waals surface area contributed by atoms with Crippen LogP contribution in [0.4, 0.5) is 13.2 Å². The average molecular weight is 274 g/mol. The zero-order valence-electron chi connectivity index (χ0n) is 10.4. The van der Waals surface area contributed by atoms with Crippen LogP contribution in [0.15, 0.2) is 24.3 Å². The van der Waals surface area contributed by atoms with Gasteiger partial charge in [0, 0.05) is 19.6 Å². The van der Waals surface area contributed by atoms with Gasteiger partial charge in [0.2, 0.25) is 0 Å². The standard InChI is InChI=1S/C13H17F3N2O/c14-13(15,16)11-4-2-1-3-10(11)7-18-9-12(19)5-6-17-8-12/h1-4,17-19H,5-9H2/t12-/m1/s1. The lowest BCUT2D eigenvalue weighted by Gasteiger charge is -2.22. The summed E-state index contributed by atoms with van der Waals surface area (Å²) in [5.41, 5.74) is -1.28. The molecule has 2 rings (SSSR count). The van der Waals surface area contributed by atoms with Crippen LogP contribution in [-0.2, 0) is 12.7 Å². The summed E-state index contributed by atoms with van der Waals surface area (Å²) in [6, 6.07) is 5.48. The van der Waals surface area contributed by atoms with Gasteiger partial charge in [-0.3, -0.25) is 0 Å². The molecule has 1 heterocycles. The molecule has 1 aromatic rings. The number of nitrogens with one attached hydrogen (secondary N) is 2. The second-order valence-corrected chi connectivity index (χ2v) is 4.91. The Morgan fingerprint density at radius 1 is 1.32 bits per heavy atom. The van der Waals surface area contributed by atoms with E-state index < -0.39 is 17.3 Å². The molecule has 6 heteroatoms. The highest BCUT2D eigenvalue weighted by Crippen LogP contribution is 2.31. The van der Waals surface area contributed by atoms with Gasteiger partial charge in [0.05, 0.1) is 11.2 Å². The summed E-state index contributed by atoms with van der Waals surface area (Å²) < 4.78 is 38.3. The summed E-state index contributed by atoms with van der Waals surface area (Å²) in [4.78, 5) is 0. The molecule has 1 atom stereocenters. The average Bonchev–Trinajstić information content (AvgIpc) is 2.76. The second kappa shape index (κ2) is 5.48. The Balaban J connectivity index is 1.96. The molecule has 3 nitrogen and oxygen atoms in total. The highest BCUT2D eigenvalue weighted by molar-refractivity contribution is 5.29. The summed E-state index contributed by atoms with van der Waals surface area (Å²) >= 11 is 0. The number of benzene rings is 1. The molecule has 3 N–H and O–H groups in total. The van der Waals surface area contributed by atoms with Gasteiger partial charge < -0.3 is 15.7 Å². The van der Waals surface area contributed by atoms with Crippen molar-refractivity contribution < 1.29 is 18.3 Å². The highest BCUT2D eigenvalue weighted by Gasteiger charge is 2.33. The van der Waals surface area contributed by atoms with Gasteiger partial charge in [-0.15, -0.1) is 0 Å². The SMILES string of the molecule is O[C@]1(CNCc2ccccc2C(F)(F)F)CCNC1. The van der Waals surface area contributed by atoms with Gasteiger partial charge in [-0.25, -0.2) is 0 Å². The van der Waals surface area contributed by atoms with Gasteiger partial charge in [0.15, 0.2) is 0 Å². The number of rotatable bonds is 4. The van der Waals surface area contributed by atoms with Crippen LogP contribution in [-0.4, -0.2) is 30.3 Å². The summed E-state index contributed by atoms with van der Waals surface area (Å²) in [6.45, 7) is 1.59. The van der Waals surface area contributed by atoms with Gasteiger partial charge in [0.25, 0.3) is 0 Å². The third-order valence-corrected chi connectivity index (χ3v) is 3.31. The maximum atomic E-state index is 12.8. The summed E-state index contributed by atoms with van der Waals surface area (Å²) in [5.74, 6) is 0. The Morgan fingerprint density at radius 2 is 2.05 bits per heavy atom. The van der Waals surface area contributed by atoms with Crippen molar-refractivity contribution in [2.45, 2.75) is 24.7 Å². The minimum atomic E-state index is -4.34. The van der Waals surface area contributed by atoms with Crippen LogP contribution in [0.1, 0.15) is 17.5 Å². The maximum absolute atomic E-state index is 12.8. The van der Waals surface area contributed by atoms with E-state index in [9.17, 15) is 18.3 Å². The quantitative estimate of drug-likeness (QED) is 0.780. The lowest BCUT2D eigenvalue weighted by Crippen LogP contribution is -2.42. The zero-order valence-corrected chi connectivity index (χ0v) is 10.4. The van der Waals surface area contributed by atoms with E-state index in [0.717, 1.165) is 12.6 Å². The van der Waals surface area contributed by atoms with E-state index in [0.29, 0.717) is 13.0 Å². The van der Waals surface area contributed by atoms with E-state index in [2.05, 4.69) is 10.6 Å². The molecule has 0 aromatic heterocycles. The second-order valence-electron chi connectivity index (χ2n) is 4.91. The number of aliphatic hydroxyl groups is 1. The molecule has 0 spiro atoms. The van der Waals surface area contributed by atoms with Crippen molar-refractivity contribution in [1.82, 2.24) is 10.6 Å². The molecule has 1 saturated heterocycles. The van der Waals surface area contributed by atoms with Crippen LogP contribution in [0.2, 0.25) is 0 Å². The first-order valence-electron chi connectivity index (χ1n) is 6.20. The minimum Gasteiger partial charge on any atom is -0.387 e. The largest absolute Gasteiger partial charge is 0.416 e. The molecule has 0 unspecified atom stereocenters. The molecular formula is C13H17F3N2O. The van der Waals surface area contributed by atoms with Crippen LogP contribution in [0, 0.1) is 0 Å². The fraction of sp³-hybridized carbons (Fsp3) is 0.538. The zero-order chi connectivity index (χ0) is 13.9. The van der Waals surface area contributed by atoms with Gasteiger partial charge in [0.1, 0.15) is 0 Å². The fourth-order valence-electron chi connectivity index (χ4n) is 2.26. The molecule has 0 amide bonds. The van der Waals surface area contributed by atoms with E-state index >= 15 is 0 Å². The lowest BCUT2D eigenvalue weighted by molar-refractivity contribution is -0.138. The van der Waals surface area contributed by atoms with E-state index in [1.54, 1.807) is 6.07 Å². The predicted molar refractivity (Wildman–Crippen MR) is 65.6 cm³/mol. The van der Waals surface area contributed by atoms with Gasteiger partial charge >= 0.3 is 6.18 Å². The molecule has 0 saturated carbocycles. The predicted octanol–water partition coefficient (Wildman–Crippen LogP) is 1.52. The van der Waals surface area contributed by atoms with Crippen LogP contribution in [0.25, 0.3) is 0 Å². The Morgan fingerprint density at radius 3 is 2.68 bits per heavy atom. The third-order valence-electron chi connectivity index (χ3n) is 3.31. The lowest BCUT2D eigenvalue weighted by atomic mass is 10.0. The van der Waals surface area contributed by atoms with E-state index in [4.69, 9.17) is 0 Å². The van der Waals surface area contributed by atoms with Crippen molar-refractivity contribution in [3.05, 3.63) is 35.4 Å². The Hall–Kier alpha value is -1.11. The van der Waals surface area contributed by atoms with Crippen molar-refractivity contribution >= 4 is 0 Å². The molecule has 19 heavy (non-hydrogen) atoms. The normalized spacial score (nSPS) is 23.8. The molecule has 0 radical (unpaired) electrons. The van der Waals surface area contributed by atoms with Gasteiger partial charge in [-0.2, -0.15) is 13.2 Å². The summed E-state index contributed by atoms with van der Waals surface area (Å²) in [7, 11) is 0. The van der Waals surface area contributed by atoms with E-state index in [1.807, 2.05) is 0 Å². The van der Waals surface area contributed by atoms with Crippen LogP contribution in [0.3, 0.4) is 0 Å². The number of alkyl halides is 3. The molecular weight excluding hydrogens is 257 g/mol. The first-order valence-corrected chi connectivity index (χ1v) is 6.20. The first-order chi connectivity index (χ1) is 8.91. The van der Waals surface area contributed by atoms with Crippen LogP contribution in [0.5, 0.6) is 0 Å². The third kappa shape index (κ3) is 3.68. The molecule has 0 aliphatic carbocycles. The topological polar surface area (TPSA) is 44.3 Å². The van der Waals surface area contributed by atoms with Crippen molar-refractivity contribution in [3.8, 4) is 0 Å². The fourth-order valence-corrected chi connectivity index (χ4v) is 2.26. The molecule has 0 bridgehead atoms.